The third-order valence-corrected chi connectivity index (χ3v) is 3.79. The summed E-state index contributed by atoms with van der Waals surface area (Å²) in [7, 11) is 0. The van der Waals surface area contributed by atoms with E-state index in [0.29, 0.717) is 28.5 Å². The van der Waals surface area contributed by atoms with Crippen LogP contribution in [0.5, 0.6) is 5.75 Å². The van der Waals surface area contributed by atoms with Crippen LogP contribution < -0.4 is 0 Å². The monoisotopic (exact) mass is 274 g/mol. The number of aromatic hydroxyl groups is 1. The van der Waals surface area contributed by atoms with Gasteiger partial charge in [0.05, 0.1) is 11.8 Å². The van der Waals surface area contributed by atoms with Crippen LogP contribution in [-0.4, -0.2) is 21.1 Å². The minimum atomic E-state index is -0.665. The number of rotatable bonds is 1. The normalized spacial score (nSPS) is 17.1. The molecule has 0 heterocycles. The molecule has 1 aromatic carbocycles. The number of aryl methyl sites for hydroxylation is 1. The van der Waals surface area contributed by atoms with E-state index in [9.17, 15) is 20.1 Å². The lowest BCUT2D eigenvalue weighted by atomic mass is 9.79. The van der Waals surface area contributed by atoms with Gasteiger partial charge in [-0.15, -0.1) is 0 Å². The van der Waals surface area contributed by atoms with Crippen molar-refractivity contribution in [1.29, 1.82) is 0 Å². The second-order valence-corrected chi connectivity index (χ2v) is 5.38. The van der Waals surface area contributed by atoms with Crippen LogP contribution in [0, 0.1) is 19.8 Å². The molecule has 1 aliphatic carbocycles. The van der Waals surface area contributed by atoms with E-state index in [2.05, 4.69) is 0 Å². The number of carbonyl (C=O) groups excluding carboxylic acids is 1. The van der Waals surface area contributed by atoms with Gasteiger partial charge in [0.2, 0.25) is 5.78 Å². The SMILES string of the molecule is Cc1cc2c(c(O)c1C)/C(=C/O)C(=O)C(O)=C2C(C)C. The molecular formula is C16H18O4. The van der Waals surface area contributed by atoms with Gasteiger partial charge in [-0.25, -0.2) is 0 Å². The van der Waals surface area contributed by atoms with E-state index < -0.39 is 5.78 Å². The predicted octanol–water partition coefficient (Wildman–Crippen LogP) is 3.42. The first-order valence-electron chi connectivity index (χ1n) is 6.47. The second-order valence-electron chi connectivity index (χ2n) is 5.38. The van der Waals surface area contributed by atoms with Gasteiger partial charge in [-0.2, -0.15) is 0 Å². The van der Waals surface area contributed by atoms with Crippen LogP contribution in [0.1, 0.15) is 36.1 Å². The molecule has 0 amide bonds. The van der Waals surface area contributed by atoms with Crippen molar-refractivity contribution in [3.05, 3.63) is 40.3 Å². The number of carbonyl (C=O) groups is 1. The van der Waals surface area contributed by atoms with Crippen LogP contribution in [0.15, 0.2) is 18.1 Å². The van der Waals surface area contributed by atoms with Gasteiger partial charge in [0.1, 0.15) is 5.75 Å². The first kappa shape index (κ1) is 14.2. The Labute approximate surface area is 117 Å². The maximum absolute atomic E-state index is 12.1. The highest BCUT2D eigenvalue weighted by Gasteiger charge is 2.34. The number of benzene rings is 1. The van der Waals surface area contributed by atoms with Crippen molar-refractivity contribution in [1.82, 2.24) is 0 Å². The number of phenols is 1. The first-order valence-corrected chi connectivity index (χ1v) is 6.47. The summed E-state index contributed by atoms with van der Waals surface area (Å²) in [6.07, 6.45) is 0.642. The molecule has 3 N–H and O–H groups in total. The van der Waals surface area contributed by atoms with Gasteiger partial charge in [-0.1, -0.05) is 19.9 Å². The van der Waals surface area contributed by atoms with Gasteiger partial charge < -0.3 is 15.3 Å². The zero-order chi connectivity index (χ0) is 15.2. The van der Waals surface area contributed by atoms with E-state index in [0.717, 1.165) is 5.56 Å². The van der Waals surface area contributed by atoms with Gasteiger partial charge in [0.15, 0.2) is 5.76 Å². The summed E-state index contributed by atoms with van der Waals surface area (Å²) in [6.45, 7) is 7.33. The summed E-state index contributed by atoms with van der Waals surface area (Å²) in [5.74, 6) is -1.14. The predicted molar refractivity (Wildman–Crippen MR) is 77.6 cm³/mol. The van der Waals surface area contributed by atoms with Gasteiger partial charge >= 0.3 is 0 Å². The van der Waals surface area contributed by atoms with Crippen LogP contribution in [0.2, 0.25) is 0 Å². The summed E-state index contributed by atoms with van der Waals surface area (Å²) in [4.78, 5) is 12.1. The highest BCUT2D eigenvalue weighted by Crippen LogP contribution is 2.44. The third-order valence-electron chi connectivity index (χ3n) is 3.79. The maximum Gasteiger partial charge on any atom is 0.231 e. The molecule has 0 saturated heterocycles. The first-order chi connectivity index (χ1) is 9.31. The third kappa shape index (κ3) is 1.80. The zero-order valence-corrected chi connectivity index (χ0v) is 12.0. The van der Waals surface area contributed by atoms with Crippen LogP contribution in [0.3, 0.4) is 0 Å². The van der Waals surface area contributed by atoms with E-state index in [1.165, 1.54) is 0 Å². The molecule has 0 spiro atoms. The highest BCUT2D eigenvalue weighted by molar-refractivity contribution is 6.33. The molecule has 0 aliphatic heterocycles. The lowest BCUT2D eigenvalue weighted by Gasteiger charge is -2.25. The smallest absolute Gasteiger partial charge is 0.231 e. The maximum atomic E-state index is 12.1. The Morgan fingerprint density at radius 2 is 1.80 bits per heavy atom. The Kier molecular flexibility index (Phi) is 3.34. The van der Waals surface area contributed by atoms with E-state index in [1.807, 2.05) is 26.8 Å². The number of Topliss-reactive ketones (excluding diaryl/α,β-unsaturated/α-hetero) is 1. The van der Waals surface area contributed by atoms with Crippen molar-refractivity contribution in [3.8, 4) is 5.75 Å². The lowest BCUT2D eigenvalue weighted by molar-refractivity contribution is -0.112. The summed E-state index contributed by atoms with van der Waals surface area (Å²) in [5, 5.41) is 29.7. The topological polar surface area (TPSA) is 77.8 Å². The van der Waals surface area contributed by atoms with Gasteiger partial charge in [0, 0.05) is 11.1 Å². The molecule has 0 aromatic heterocycles. The number of hydrogen-bond donors (Lipinski definition) is 3. The number of fused-ring (bicyclic) bond motifs is 1. The summed E-state index contributed by atoms with van der Waals surface area (Å²) >= 11 is 0. The van der Waals surface area contributed by atoms with Gasteiger partial charge in [0.25, 0.3) is 0 Å². The Bertz CT molecular complexity index is 664. The number of aliphatic hydroxyl groups excluding tert-OH is 2. The largest absolute Gasteiger partial charge is 0.515 e. The Hall–Kier alpha value is -2.23. The van der Waals surface area contributed by atoms with Crippen molar-refractivity contribution >= 4 is 16.9 Å². The molecule has 0 atom stereocenters. The number of aliphatic hydroxyl groups is 2. The van der Waals surface area contributed by atoms with E-state index in [4.69, 9.17) is 0 Å². The molecule has 20 heavy (non-hydrogen) atoms. The molecule has 4 nitrogen and oxygen atoms in total. The lowest BCUT2D eigenvalue weighted by Crippen LogP contribution is -2.18. The Morgan fingerprint density at radius 3 is 2.30 bits per heavy atom. The molecule has 1 aliphatic rings. The molecular weight excluding hydrogens is 256 g/mol. The van der Waals surface area contributed by atoms with Crippen molar-refractivity contribution in [3.63, 3.8) is 0 Å². The van der Waals surface area contributed by atoms with Gasteiger partial charge in [-0.05, 0) is 36.5 Å². The fourth-order valence-corrected chi connectivity index (χ4v) is 2.58. The average molecular weight is 274 g/mol. The minimum Gasteiger partial charge on any atom is -0.515 e. The molecule has 0 saturated carbocycles. The van der Waals surface area contributed by atoms with E-state index >= 15 is 0 Å². The molecule has 0 radical (unpaired) electrons. The van der Waals surface area contributed by atoms with E-state index in [-0.39, 0.29) is 23.0 Å². The fraction of sp³-hybridized carbons (Fsp3) is 0.312. The minimum absolute atomic E-state index is 0.0284. The molecule has 0 bridgehead atoms. The quantitative estimate of drug-likeness (QED) is 0.541. The standard InChI is InChI=1S/C16H18O4/c1-7(2)12-10-5-8(3)9(4)14(18)13(10)11(6-17)15(19)16(12)20/h5-7,17-18,20H,1-4H3/b11-6-. The van der Waals surface area contributed by atoms with Crippen molar-refractivity contribution < 1.29 is 20.1 Å². The van der Waals surface area contributed by atoms with Crippen molar-refractivity contribution in [2.75, 3.05) is 0 Å². The molecule has 2 rings (SSSR count). The van der Waals surface area contributed by atoms with Crippen LogP contribution in [0.4, 0.5) is 0 Å². The molecule has 4 heteroatoms. The number of ketones is 1. The molecule has 106 valence electrons. The molecule has 0 unspecified atom stereocenters. The summed E-state index contributed by atoms with van der Waals surface area (Å²) in [6, 6.07) is 1.83. The van der Waals surface area contributed by atoms with Crippen LogP contribution in [0.25, 0.3) is 11.1 Å². The number of allylic oxidation sites excluding steroid dienone is 2. The number of hydrogen-bond acceptors (Lipinski definition) is 4. The van der Waals surface area contributed by atoms with Crippen molar-refractivity contribution in [2.45, 2.75) is 27.7 Å². The number of phenolic OH excluding ortho intramolecular Hbond substituents is 1. The summed E-state index contributed by atoms with van der Waals surface area (Å²) in [5.41, 5.74) is 2.82. The summed E-state index contributed by atoms with van der Waals surface area (Å²) < 4.78 is 0. The Balaban J connectivity index is 2.96. The molecule has 0 fully saturated rings. The Morgan fingerprint density at radius 1 is 1.20 bits per heavy atom. The van der Waals surface area contributed by atoms with E-state index in [1.54, 1.807) is 6.92 Å². The fourth-order valence-electron chi connectivity index (χ4n) is 2.58. The second kappa shape index (κ2) is 4.71. The van der Waals surface area contributed by atoms with Crippen LogP contribution in [-0.2, 0) is 4.79 Å². The van der Waals surface area contributed by atoms with Crippen LogP contribution >= 0.6 is 0 Å². The van der Waals surface area contributed by atoms with Crippen molar-refractivity contribution in [2.24, 2.45) is 5.92 Å². The molecule has 1 aromatic rings. The highest BCUT2D eigenvalue weighted by atomic mass is 16.3. The van der Waals surface area contributed by atoms with Gasteiger partial charge in [-0.3, -0.25) is 4.79 Å². The zero-order valence-electron chi connectivity index (χ0n) is 12.0. The average Bonchev–Trinajstić information content (AvgIpc) is 2.38.